The van der Waals surface area contributed by atoms with Crippen LogP contribution < -0.4 is 16.0 Å². The Labute approximate surface area is 182 Å². The molecular weight excluding hydrogens is 406 g/mol. The molecule has 1 heterocycles. The highest BCUT2D eigenvalue weighted by Gasteiger charge is 2.23. The van der Waals surface area contributed by atoms with Crippen LogP contribution in [0.3, 0.4) is 0 Å². The molecule has 2 atom stereocenters. The van der Waals surface area contributed by atoms with E-state index < -0.39 is 0 Å². The van der Waals surface area contributed by atoms with Crippen molar-refractivity contribution in [2.24, 2.45) is 0 Å². The second kappa shape index (κ2) is 11.2. The standard InChI is InChI=1S/C22H27N3O2S.ClH/c1-15-9-11-17(12-10-15)24-21(26)14-28-20-8-4-3-6-18(20)22(27)25-19-7-5-13-23-16(19)2;/h3-4,6,8-12,16,19,23H,5,7,13-14H2,1-2H3,(H,24,26)(H,25,27);1H. The lowest BCUT2D eigenvalue weighted by atomic mass is 9.99. The molecule has 1 fully saturated rings. The average Bonchev–Trinajstić information content (AvgIpc) is 2.70. The van der Waals surface area contributed by atoms with Crippen molar-refractivity contribution >= 4 is 41.7 Å². The zero-order valence-corrected chi connectivity index (χ0v) is 18.4. The second-order valence-electron chi connectivity index (χ2n) is 7.16. The van der Waals surface area contributed by atoms with Gasteiger partial charge in [0, 0.05) is 22.7 Å². The van der Waals surface area contributed by atoms with E-state index in [0.717, 1.165) is 35.5 Å². The lowest BCUT2D eigenvalue weighted by molar-refractivity contribution is -0.113. The molecule has 2 amide bonds. The first-order chi connectivity index (χ1) is 13.5. The molecule has 1 saturated heterocycles. The summed E-state index contributed by atoms with van der Waals surface area (Å²) in [4.78, 5) is 25.9. The zero-order chi connectivity index (χ0) is 19.9. The molecule has 2 unspecified atom stereocenters. The second-order valence-corrected chi connectivity index (χ2v) is 8.18. The summed E-state index contributed by atoms with van der Waals surface area (Å²) in [5.41, 5.74) is 2.55. The average molecular weight is 434 g/mol. The fourth-order valence-electron chi connectivity index (χ4n) is 3.24. The number of piperidine rings is 1. The number of benzene rings is 2. The van der Waals surface area contributed by atoms with Gasteiger partial charge in [0.15, 0.2) is 0 Å². The Kier molecular flexibility index (Phi) is 9.01. The number of carbonyl (C=O) groups excluding carboxylic acids is 2. The monoisotopic (exact) mass is 433 g/mol. The molecule has 2 aromatic rings. The summed E-state index contributed by atoms with van der Waals surface area (Å²) >= 11 is 1.38. The number of carbonyl (C=O) groups is 2. The van der Waals surface area contributed by atoms with Crippen LogP contribution in [0.2, 0.25) is 0 Å². The molecule has 0 radical (unpaired) electrons. The van der Waals surface area contributed by atoms with Crippen LogP contribution in [0.4, 0.5) is 5.69 Å². The number of hydrogen-bond acceptors (Lipinski definition) is 4. The van der Waals surface area contributed by atoms with E-state index in [9.17, 15) is 9.59 Å². The van der Waals surface area contributed by atoms with Gasteiger partial charge in [-0.15, -0.1) is 24.2 Å². The largest absolute Gasteiger partial charge is 0.348 e. The molecule has 29 heavy (non-hydrogen) atoms. The van der Waals surface area contributed by atoms with Crippen molar-refractivity contribution in [1.82, 2.24) is 10.6 Å². The molecule has 7 heteroatoms. The van der Waals surface area contributed by atoms with Crippen LogP contribution in [-0.2, 0) is 4.79 Å². The fraction of sp³-hybridized carbons (Fsp3) is 0.364. The minimum absolute atomic E-state index is 0. The van der Waals surface area contributed by atoms with Crippen molar-refractivity contribution in [3.05, 3.63) is 59.7 Å². The van der Waals surface area contributed by atoms with Crippen LogP contribution in [-0.4, -0.2) is 36.2 Å². The van der Waals surface area contributed by atoms with Crippen molar-refractivity contribution < 1.29 is 9.59 Å². The van der Waals surface area contributed by atoms with Crippen LogP contribution in [0.5, 0.6) is 0 Å². The predicted octanol–water partition coefficient (Wildman–Crippen LogP) is 4.02. The molecule has 1 aliphatic heterocycles. The number of hydrogen-bond donors (Lipinski definition) is 3. The Balaban J connectivity index is 0.00000300. The molecule has 1 aliphatic rings. The topological polar surface area (TPSA) is 70.2 Å². The molecule has 3 rings (SSSR count). The van der Waals surface area contributed by atoms with Gasteiger partial charge in [-0.05, 0) is 57.5 Å². The molecule has 5 nitrogen and oxygen atoms in total. The number of amides is 2. The first kappa shape index (κ1) is 23.3. The molecule has 2 aromatic carbocycles. The van der Waals surface area contributed by atoms with Gasteiger partial charge in [0.25, 0.3) is 5.91 Å². The van der Waals surface area contributed by atoms with Crippen molar-refractivity contribution in [1.29, 1.82) is 0 Å². The first-order valence-corrected chi connectivity index (χ1v) is 10.6. The molecule has 0 aromatic heterocycles. The van der Waals surface area contributed by atoms with Gasteiger partial charge in [-0.2, -0.15) is 0 Å². The summed E-state index contributed by atoms with van der Waals surface area (Å²) in [6, 6.07) is 15.5. The molecule has 0 saturated carbocycles. The minimum atomic E-state index is -0.0887. The highest BCUT2D eigenvalue weighted by molar-refractivity contribution is 8.00. The summed E-state index contributed by atoms with van der Waals surface area (Å²) in [6.07, 6.45) is 2.04. The molecule has 3 N–H and O–H groups in total. The maximum absolute atomic E-state index is 12.8. The van der Waals surface area contributed by atoms with Gasteiger partial charge in [0.1, 0.15) is 0 Å². The summed E-state index contributed by atoms with van der Waals surface area (Å²) in [5.74, 6) is 0.0799. The predicted molar refractivity (Wildman–Crippen MR) is 122 cm³/mol. The smallest absolute Gasteiger partial charge is 0.252 e. The van der Waals surface area contributed by atoms with E-state index in [2.05, 4.69) is 22.9 Å². The fourth-order valence-corrected chi connectivity index (χ4v) is 4.09. The van der Waals surface area contributed by atoms with E-state index in [-0.39, 0.29) is 42.1 Å². The Hall–Kier alpha value is -2.02. The third-order valence-electron chi connectivity index (χ3n) is 4.90. The lowest BCUT2D eigenvalue weighted by Gasteiger charge is -2.30. The number of halogens is 1. The maximum atomic E-state index is 12.8. The van der Waals surface area contributed by atoms with Crippen molar-refractivity contribution in [2.45, 2.75) is 43.7 Å². The van der Waals surface area contributed by atoms with Gasteiger partial charge in [0.05, 0.1) is 11.3 Å². The zero-order valence-electron chi connectivity index (χ0n) is 16.7. The van der Waals surface area contributed by atoms with Gasteiger partial charge >= 0.3 is 0 Å². The molecule has 156 valence electrons. The summed E-state index contributed by atoms with van der Waals surface area (Å²) in [7, 11) is 0. The summed E-state index contributed by atoms with van der Waals surface area (Å²) in [5, 5.41) is 9.43. The van der Waals surface area contributed by atoms with Gasteiger partial charge in [-0.1, -0.05) is 29.8 Å². The number of aryl methyl sites for hydroxylation is 1. The maximum Gasteiger partial charge on any atom is 0.252 e. The third-order valence-corrected chi connectivity index (χ3v) is 5.98. The Morgan fingerprint density at radius 1 is 1.14 bits per heavy atom. The van der Waals surface area contributed by atoms with Crippen LogP contribution in [0, 0.1) is 6.92 Å². The quantitative estimate of drug-likeness (QED) is 0.602. The van der Waals surface area contributed by atoms with Gasteiger partial charge < -0.3 is 16.0 Å². The first-order valence-electron chi connectivity index (χ1n) is 9.65. The van der Waals surface area contributed by atoms with Crippen LogP contribution in [0.15, 0.2) is 53.4 Å². The van der Waals surface area contributed by atoms with Crippen LogP contribution in [0.25, 0.3) is 0 Å². The minimum Gasteiger partial charge on any atom is -0.348 e. The van der Waals surface area contributed by atoms with E-state index in [4.69, 9.17) is 0 Å². The van der Waals surface area contributed by atoms with Crippen molar-refractivity contribution in [2.75, 3.05) is 17.6 Å². The lowest BCUT2D eigenvalue weighted by Crippen LogP contribution is -2.51. The normalized spacial score (nSPS) is 18.4. The number of nitrogens with one attached hydrogen (secondary N) is 3. The van der Waals surface area contributed by atoms with E-state index >= 15 is 0 Å². The molecule has 0 bridgehead atoms. The number of anilines is 1. The highest BCUT2D eigenvalue weighted by atomic mass is 35.5. The highest BCUT2D eigenvalue weighted by Crippen LogP contribution is 2.23. The molecule has 0 aliphatic carbocycles. The summed E-state index contributed by atoms with van der Waals surface area (Å²) in [6.45, 7) is 5.10. The molecular formula is C22H28ClN3O2S. The number of rotatable bonds is 6. The van der Waals surface area contributed by atoms with Crippen molar-refractivity contribution in [3.63, 3.8) is 0 Å². The van der Waals surface area contributed by atoms with E-state index in [1.54, 1.807) is 0 Å². The van der Waals surface area contributed by atoms with Gasteiger partial charge in [-0.25, -0.2) is 0 Å². The SMILES string of the molecule is Cc1ccc(NC(=O)CSc2ccccc2C(=O)NC2CCCNC2C)cc1.Cl. The van der Waals surface area contributed by atoms with E-state index in [1.807, 2.05) is 55.5 Å². The van der Waals surface area contributed by atoms with Crippen LogP contribution in [0.1, 0.15) is 35.7 Å². The van der Waals surface area contributed by atoms with E-state index in [1.165, 1.54) is 11.8 Å². The number of thioether (sulfide) groups is 1. The van der Waals surface area contributed by atoms with Crippen LogP contribution >= 0.6 is 24.2 Å². The van der Waals surface area contributed by atoms with E-state index in [0.29, 0.717) is 5.56 Å². The summed E-state index contributed by atoms with van der Waals surface area (Å²) < 4.78 is 0. The Morgan fingerprint density at radius 2 is 1.86 bits per heavy atom. The van der Waals surface area contributed by atoms with Gasteiger partial charge in [0.2, 0.25) is 5.91 Å². The van der Waals surface area contributed by atoms with Gasteiger partial charge in [-0.3, -0.25) is 9.59 Å². The third kappa shape index (κ3) is 6.77. The Morgan fingerprint density at radius 3 is 2.59 bits per heavy atom. The van der Waals surface area contributed by atoms with Crippen molar-refractivity contribution in [3.8, 4) is 0 Å². The Bertz CT molecular complexity index is 829. The molecule has 0 spiro atoms.